The van der Waals surface area contributed by atoms with E-state index in [-0.39, 0.29) is 0 Å². The Morgan fingerprint density at radius 3 is 2.94 bits per heavy atom. The molecule has 0 amide bonds. The molecule has 0 aromatic carbocycles. The molecule has 1 fully saturated rings. The first-order valence-electron chi connectivity index (χ1n) is 5.56. The van der Waals surface area contributed by atoms with Crippen molar-refractivity contribution in [1.82, 2.24) is 14.7 Å². The molecule has 1 aromatic rings. The van der Waals surface area contributed by atoms with Crippen LogP contribution in [0.15, 0.2) is 21.9 Å². The van der Waals surface area contributed by atoms with Crippen LogP contribution in [0.5, 0.6) is 0 Å². The molecule has 1 aliphatic heterocycles. The highest BCUT2D eigenvalue weighted by Crippen LogP contribution is 2.05. The zero-order valence-corrected chi connectivity index (χ0v) is 11.1. The molecule has 94 valence electrons. The molecule has 7 heteroatoms. The number of nitrogens with two attached hydrogens (primary N) is 1. The lowest BCUT2D eigenvalue weighted by Gasteiger charge is -2.27. The second-order valence-electron chi connectivity index (χ2n) is 3.76. The lowest BCUT2D eigenvalue weighted by molar-refractivity contribution is 0.0674. The summed E-state index contributed by atoms with van der Waals surface area (Å²) in [5, 5.41) is 4.15. The summed E-state index contributed by atoms with van der Waals surface area (Å²) < 4.78 is 8.06. The van der Waals surface area contributed by atoms with E-state index in [0.717, 1.165) is 37.3 Å². The van der Waals surface area contributed by atoms with Crippen molar-refractivity contribution in [2.75, 3.05) is 32.8 Å². The smallest absolute Gasteiger partial charge is 0.191 e. The van der Waals surface area contributed by atoms with Crippen molar-refractivity contribution in [2.45, 2.75) is 6.54 Å². The van der Waals surface area contributed by atoms with Crippen LogP contribution >= 0.6 is 15.9 Å². The number of nitrogens with zero attached hydrogens (tertiary/aromatic N) is 4. The Hall–Kier alpha value is -1.08. The predicted octanol–water partition coefficient (Wildman–Crippen LogP) is 0.292. The maximum absolute atomic E-state index is 5.90. The molecule has 17 heavy (non-hydrogen) atoms. The second kappa shape index (κ2) is 6.02. The van der Waals surface area contributed by atoms with Crippen LogP contribution in [0.3, 0.4) is 0 Å². The van der Waals surface area contributed by atoms with Gasteiger partial charge in [-0.05, 0) is 15.9 Å². The van der Waals surface area contributed by atoms with Crippen molar-refractivity contribution in [1.29, 1.82) is 0 Å². The van der Waals surface area contributed by atoms with Gasteiger partial charge in [-0.25, -0.2) is 0 Å². The first kappa shape index (κ1) is 12.4. The number of hydrogen-bond acceptors (Lipinski definition) is 3. The third-order valence-corrected chi connectivity index (χ3v) is 2.95. The van der Waals surface area contributed by atoms with E-state index < -0.39 is 0 Å². The largest absolute Gasteiger partial charge is 0.378 e. The van der Waals surface area contributed by atoms with Gasteiger partial charge in [0.2, 0.25) is 0 Å². The van der Waals surface area contributed by atoms with Gasteiger partial charge in [-0.2, -0.15) is 5.10 Å². The van der Waals surface area contributed by atoms with Crippen LogP contribution in [0.4, 0.5) is 0 Å². The van der Waals surface area contributed by atoms with Crippen molar-refractivity contribution in [3.63, 3.8) is 0 Å². The third kappa shape index (κ3) is 3.71. The molecular formula is C10H16BrN5O. The molecular weight excluding hydrogens is 286 g/mol. The highest BCUT2D eigenvalue weighted by atomic mass is 79.9. The number of halogens is 1. The van der Waals surface area contributed by atoms with Crippen LogP contribution in [0.2, 0.25) is 0 Å². The number of morpholine rings is 1. The highest BCUT2D eigenvalue weighted by Gasteiger charge is 2.11. The number of ether oxygens (including phenoxy) is 1. The van der Waals surface area contributed by atoms with E-state index in [4.69, 9.17) is 10.5 Å². The van der Waals surface area contributed by atoms with E-state index in [1.54, 1.807) is 6.20 Å². The molecule has 0 radical (unpaired) electrons. The summed E-state index contributed by atoms with van der Waals surface area (Å²) in [6, 6.07) is 0. The Balaban J connectivity index is 1.79. The van der Waals surface area contributed by atoms with Gasteiger partial charge < -0.3 is 15.4 Å². The minimum atomic E-state index is 0.597. The molecule has 6 nitrogen and oxygen atoms in total. The fraction of sp³-hybridized carbons (Fsp3) is 0.600. The summed E-state index contributed by atoms with van der Waals surface area (Å²) in [5.41, 5.74) is 5.90. The number of aromatic nitrogens is 2. The van der Waals surface area contributed by atoms with Gasteiger partial charge in [0.15, 0.2) is 5.96 Å². The highest BCUT2D eigenvalue weighted by molar-refractivity contribution is 9.10. The Morgan fingerprint density at radius 1 is 1.53 bits per heavy atom. The first-order chi connectivity index (χ1) is 8.25. The molecule has 0 atom stereocenters. The third-order valence-electron chi connectivity index (χ3n) is 2.54. The SMILES string of the molecule is NC(=NCCn1cc(Br)cn1)N1CCOCC1. The molecule has 0 aliphatic carbocycles. The van der Waals surface area contributed by atoms with Crippen LogP contribution in [-0.2, 0) is 11.3 Å². The van der Waals surface area contributed by atoms with Crippen LogP contribution in [0.1, 0.15) is 0 Å². The number of guanidine groups is 1. The zero-order valence-electron chi connectivity index (χ0n) is 9.55. The van der Waals surface area contributed by atoms with Crippen molar-refractivity contribution in [3.05, 3.63) is 16.9 Å². The van der Waals surface area contributed by atoms with Crippen molar-refractivity contribution < 1.29 is 4.74 Å². The molecule has 0 saturated carbocycles. The summed E-state index contributed by atoms with van der Waals surface area (Å²) >= 11 is 3.35. The van der Waals surface area contributed by atoms with Gasteiger partial charge in [0.05, 0.1) is 37.0 Å². The topological polar surface area (TPSA) is 68.7 Å². The Bertz CT molecular complexity index is 386. The normalized spacial score (nSPS) is 17.5. The minimum absolute atomic E-state index is 0.597. The molecule has 2 rings (SSSR count). The van der Waals surface area contributed by atoms with E-state index in [9.17, 15) is 0 Å². The van der Waals surface area contributed by atoms with Gasteiger partial charge in [-0.1, -0.05) is 0 Å². The molecule has 0 spiro atoms. The summed E-state index contributed by atoms with van der Waals surface area (Å²) in [6.07, 6.45) is 3.68. The van der Waals surface area contributed by atoms with Crippen LogP contribution < -0.4 is 5.73 Å². The monoisotopic (exact) mass is 301 g/mol. The molecule has 0 unspecified atom stereocenters. The first-order valence-corrected chi connectivity index (χ1v) is 6.35. The standard InChI is InChI=1S/C10H16BrN5O/c11-9-7-14-16(8-9)2-1-13-10(12)15-3-5-17-6-4-15/h7-8H,1-6H2,(H2,12,13). The average Bonchev–Trinajstić information content (AvgIpc) is 2.76. The van der Waals surface area contributed by atoms with Gasteiger partial charge in [0.25, 0.3) is 0 Å². The Morgan fingerprint density at radius 2 is 2.29 bits per heavy atom. The molecule has 0 bridgehead atoms. The van der Waals surface area contributed by atoms with E-state index in [1.165, 1.54) is 0 Å². The second-order valence-corrected chi connectivity index (χ2v) is 4.68. The van der Waals surface area contributed by atoms with E-state index in [2.05, 4.69) is 26.0 Å². The summed E-state index contributed by atoms with van der Waals surface area (Å²) in [5.74, 6) is 0.597. The Kier molecular flexibility index (Phi) is 4.38. The van der Waals surface area contributed by atoms with E-state index >= 15 is 0 Å². The molecule has 2 heterocycles. The van der Waals surface area contributed by atoms with Crippen LogP contribution in [0, 0.1) is 0 Å². The van der Waals surface area contributed by atoms with Gasteiger partial charge in [-0.3, -0.25) is 9.67 Å². The molecule has 1 aromatic heterocycles. The molecule has 1 saturated heterocycles. The maximum Gasteiger partial charge on any atom is 0.191 e. The summed E-state index contributed by atoms with van der Waals surface area (Å²) in [6.45, 7) is 4.46. The van der Waals surface area contributed by atoms with Crippen molar-refractivity contribution in [3.8, 4) is 0 Å². The number of rotatable bonds is 3. The number of hydrogen-bond donors (Lipinski definition) is 1. The Labute approximate surface area is 109 Å². The van der Waals surface area contributed by atoms with Crippen LogP contribution in [0.25, 0.3) is 0 Å². The minimum Gasteiger partial charge on any atom is -0.378 e. The van der Waals surface area contributed by atoms with Gasteiger partial charge in [0.1, 0.15) is 0 Å². The fourth-order valence-electron chi connectivity index (χ4n) is 1.62. The number of aliphatic imine (C=N–C) groups is 1. The van der Waals surface area contributed by atoms with Crippen molar-refractivity contribution in [2.24, 2.45) is 10.7 Å². The zero-order chi connectivity index (χ0) is 12.1. The van der Waals surface area contributed by atoms with Gasteiger partial charge in [0, 0.05) is 19.3 Å². The lowest BCUT2D eigenvalue weighted by atomic mass is 10.4. The van der Waals surface area contributed by atoms with Gasteiger partial charge >= 0.3 is 0 Å². The quantitative estimate of drug-likeness (QED) is 0.644. The average molecular weight is 302 g/mol. The maximum atomic E-state index is 5.90. The lowest BCUT2D eigenvalue weighted by Crippen LogP contribution is -2.44. The van der Waals surface area contributed by atoms with Gasteiger partial charge in [-0.15, -0.1) is 0 Å². The summed E-state index contributed by atoms with van der Waals surface area (Å²) in [4.78, 5) is 6.39. The van der Waals surface area contributed by atoms with Crippen molar-refractivity contribution >= 4 is 21.9 Å². The van der Waals surface area contributed by atoms with E-state index in [0.29, 0.717) is 12.5 Å². The fourth-order valence-corrected chi connectivity index (χ4v) is 1.95. The summed E-state index contributed by atoms with van der Waals surface area (Å²) in [7, 11) is 0. The van der Waals surface area contributed by atoms with Crippen LogP contribution in [-0.4, -0.2) is 53.5 Å². The predicted molar refractivity (Wildman–Crippen MR) is 68.8 cm³/mol. The molecule has 2 N–H and O–H groups in total. The van der Waals surface area contributed by atoms with E-state index in [1.807, 2.05) is 15.8 Å². The molecule has 1 aliphatic rings.